The minimum Gasteiger partial charge on any atom is -0.368 e. The van der Waals surface area contributed by atoms with E-state index in [9.17, 15) is 9.59 Å². The lowest BCUT2D eigenvalue weighted by Gasteiger charge is -2.33. The Balaban J connectivity index is 1.90. The summed E-state index contributed by atoms with van der Waals surface area (Å²) >= 11 is 0. The average Bonchev–Trinajstić information content (AvgIpc) is 2.39. The first-order valence-corrected chi connectivity index (χ1v) is 5.94. The van der Waals surface area contributed by atoms with Crippen molar-refractivity contribution in [2.24, 2.45) is 0 Å². The van der Waals surface area contributed by atoms with E-state index in [4.69, 9.17) is 4.84 Å². The van der Waals surface area contributed by atoms with Crippen molar-refractivity contribution in [3.05, 3.63) is 35.9 Å². The van der Waals surface area contributed by atoms with Gasteiger partial charge in [-0.15, -0.1) is 5.06 Å². The van der Waals surface area contributed by atoms with Crippen molar-refractivity contribution in [1.82, 2.24) is 9.96 Å². The van der Waals surface area contributed by atoms with Crippen LogP contribution < -0.4 is 0 Å². The molecule has 5 nitrogen and oxygen atoms in total. The highest BCUT2D eigenvalue weighted by Crippen LogP contribution is 2.08. The highest BCUT2D eigenvalue weighted by atomic mass is 16.7. The summed E-state index contributed by atoms with van der Waals surface area (Å²) in [4.78, 5) is 29.7. The number of hydrogen-bond acceptors (Lipinski definition) is 4. The monoisotopic (exact) mass is 248 g/mol. The molecule has 0 aliphatic carbocycles. The fourth-order valence-electron chi connectivity index (χ4n) is 1.93. The normalized spacial score (nSPS) is 16.4. The second-order valence-electron chi connectivity index (χ2n) is 4.17. The molecule has 96 valence electrons. The van der Waals surface area contributed by atoms with Crippen molar-refractivity contribution in [2.45, 2.75) is 6.92 Å². The fourth-order valence-corrected chi connectivity index (χ4v) is 1.93. The summed E-state index contributed by atoms with van der Waals surface area (Å²) in [6.45, 7) is 3.62. The lowest BCUT2D eigenvalue weighted by Crippen LogP contribution is -2.48. The Morgan fingerprint density at radius 3 is 2.22 bits per heavy atom. The third kappa shape index (κ3) is 3.07. The maximum absolute atomic E-state index is 12.1. The number of hydroxylamine groups is 2. The number of hydrogen-bond donors (Lipinski definition) is 0. The van der Waals surface area contributed by atoms with Crippen LogP contribution in [0.15, 0.2) is 30.3 Å². The highest BCUT2D eigenvalue weighted by Gasteiger charge is 2.23. The van der Waals surface area contributed by atoms with Crippen LogP contribution >= 0.6 is 0 Å². The molecule has 0 radical (unpaired) electrons. The lowest BCUT2D eigenvalue weighted by molar-refractivity contribution is -0.193. The van der Waals surface area contributed by atoms with Gasteiger partial charge < -0.3 is 9.74 Å². The summed E-state index contributed by atoms with van der Waals surface area (Å²) in [5, 5.41) is 1.59. The second kappa shape index (κ2) is 5.64. The van der Waals surface area contributed by atoms with Crippen LogP contribution in [0.2, 0.25) is 0 Å². The number of benzene rings is 1. The zero-order valence-corrected chi connectivity index (χ0v) is 10.3. The number of carbonyl (C=O) groups excluding carboxylic acids is 2. The van der Waals surface area contributed by atoms with Crippen molar-refractivity contribution < 1.29 is 14.4 Å². The molecular formula is C13H16N2O3. The summed E-state index contributed by atoms with van der Waals surface area (Å²) in [6, 6.07) is 9.20. The zero-order valence-electron chi connectivity index (χ0n) is 10.3. The molecule has 0 unspecified atom stereocenters. The molecule has 1 fully saturated rings. The Bertz CT molecular complexity index is 425. The maximum atomic E-state index is 12.1. The van der Waals surface area contributed by atoms with Crippen LogP contribution in [0.4, 0.5) is 0 Å². The maximum Gasteiger partial charge on any atom is 0.322 e. The molecule has 1 aromatic carbocycles. The summed E-state index contributed by atoms with van der Waals surface area (Å²) in [5.74, 6) is -0.295. The molecule has 0 spiro atoms. The Morgan fingerprint density at radius 2 is 1.67 bits per heavy atom. The summed E-state index contributed by atoms with van der Waals surface area (Å²) in [6.07, 6.45) is 0. The summed E-state index contributed by atoms with van der Waals surface area (Å²) in [5.41, 5.74) is 0.693. The Hall–Kier alpha value is -1.88. The van der Waals surface area contributed by atoms with E-state index in [-0.39, 0.29) is 11.9 Å². The molecule has 0 bridgehead atoms. The molecule has 1 heterocycles. The molecule has 0 aromatic heterocycles. The molecule has 1 aliphatic heterocycles. The van der Waals surface area contributed by atoms with E-state index in [0.717, 1.165) is 0 Å². The third-order valence-electron chi connectivity index (χ3n) is 2.80. The largest absolute Gasteiger partial charge is 0.368 e. The van der Waals surface area contributed by atoms with E-state index in [1.165, 1.54) is 6.92 Å². The minimum absolute atomic E-state index is 0.0260. The quantitative estimate of drug-likeness (QED) is 0.781. The van der Waals surface area contributed by atoms with Crippen molar-refractivity contribution in [2.75, 3.05) is 26.2 Å². The molecule has 18 heavy (non-hydrogen) atoms. The Labute approximate surface area is 106 Å². The van der Waals surface area contributed by atoms with Gasteiger partial charge in [-0.05, 0) is 12.1 Å². The topological polar surface area (TPSA) is 49.9 Å². The van der Waals surface area contributed by atoms with Gasteiger partial charge in [0.25, 0.3) is 5.91 Å². The van der Waals surface area contributed by atoms with Crippen LogP contribution in [0.5, 0.6) is 0 Å². The number of carbonyl (C=O) groups is 2. The van der Waals surface area contributed by atoms with Gasteiger partial charge in [-0.25, -0.2) is 0 Å². The molecular weight excluding hydrogens is 232 g/mol. The standard InChI is InChI=1S/C13H16N2O3/c1-11(16)18-15-9-7-14(8-10-15)13(17)12-5-3-2-4-6-12/h2-6H,7-10H2,1H3. The summed E-state index contributed by atoms with van der Waals surface area (Å²) in [7, 11) is 0. The second-order valence-corrected chi connectivity index (χ2v) is 4.17. The van der Waals surface area contributed by atoms with E-state index < -0.39 is 0 Å². The molecule has 1 saturated heterocycles. The van der Waals surface area contributed by atoms with Crippen LogP contribution in [0, 0.1) is 0 Å². The SMILES string of the molecule is CC(=O)ON1CCN(C(=O)c2ccccc2)CC1. The Morgan fingerprint density at radius 1 is 1.06 bits per heavy atom. The number of rotatable bonds is 2. The summed E-state index contributed by atoms with van der Waals surface area (Å²) < 4.78 is 0. The first kappa shape index (κ1) is 12.6. The number of piperazine rings is 1. The van der Waals surface area contributed by atoms with E-state index in [0.29, 0.717) is 31.7 Å². The van der Waals surface area contributed by atoms with Gasteiger partial charge >= 0.3 is 5.97 Å². The van der Waals surface area contributed by atoms with Crippen LogP contribution in [-0.4, -0.2) is 48.0 Å². The van der Waals surface area contributed by atoms with Gasteiger partial charge in [-0.2, -0.15) is 0 Å². The van der Waals surface area contributed by atoms with Crippen LogP contribution in [0.1, 0.15) is 17.3 Å². The van der Waals surface area contributed by atoms with Gasteiger partial charge in [-0.1, -0.05) is 18.2 Å². The van der Waals surface area contributed by atoms with Crippen molar-refractivity contribution >= 4 is 11.9 Å². The van der Waals surface area contributed by atoms with Crippen LogP contribution in [0.3, 0.4) is 0 Å². The van der Waals surface area contributed by atoms with Gasteiger partial charge in [0.2, 0.25) is 0 Å². The lowest BCUT2D eigenvalue weighted by atomic mass is 10.2. The predicted molar refractivity (Wildman–Crippen MR) is 65.7 cm³/mol. The van der Waals surface area contributed by atoms with Crippen LogP contribution in [0.25, 0.3) is 0 Å². The molecule has 0 N–H and O–H groups in total. The molecule has 1 aromatic rings. The first-order chi connectivity index (χ1) is 8.66. The zero-order chi connectivity index (χ0) is 13.0. The van der Waals surface area contributed by atoms with E-state index >= 15 is 0 Å². The predicted octanol–water partition coefficient (Wildman–Crippen LogP) is 0.923. The van der Waals surface area contributed by atoms with E-state index in [1.807, 2.05) is 18.2 Å². The van der Waals surface area contributed by atoms with E-state index in [1.54, 1.807) is 22.1 Å². The smallest absolute Gasteiger partial charge is 0.322 e. The third-order valence-corrected chi connectivity index (χ3v) is 2.80. The average molecular weight is 248 g/mol. The minimum atomic E-state index is -0.321. The highest BCUT2D eigenvalue weighted by molar-refractivity contribution is 5.94. The number of nitrogens with zero attached hydrogens (tertiary/aromatic N) is 2. The van der Waals surface area contributed by atoms with Crippen LogP contribution in [-0.2, 0) is 9.63 Å². The van der Waals surface area contributed by atoms with Gasteiger partial charge in [0.05, 0.1) is 13.1 Å². The van der Waals surface area contributed by atoms with Gasteiger partial charge in [0.15, 0.2) is 0 Å². The molecule has 1 aliphatic rings. The van der Waals surface area contributed by atoms with Gasteiger partial charge in [0.1, 0.15) is 0 Å². The van der Waals surface area contributed by atoms with Crippen molar-refractivity contribution in [1.29, 1.82) is 0 Å². The van der Waals surface area contributed by atoms with E-state index in [2.05, 4.69) is 0 Å². The molecule has 5 heteroatoms. The van der Waals surface area contributed by atoms with Gasteiger partial charge in [-0.3, -0.25) is 9.59 Å². The number of amides is 1. The van der Waals surface area contributed by atoms with Crippen molar-refractivity contribution in [3.63, 3.8) is 0 Å². The molecule has 1 amide bonds. The molecule has 0 atom stereocenters. The Kier molecular flexibility index (Phi) is 3.94. The fraction of sp³-hybridized carbons (Fsp3) is 0.385. The molecule has 0 saturated carbocycles. The van der Waals surface area contributed by atoms with Gasteiger partial charge in [0, 0.05) is 25.6 Å². The molecule has 2 rings (SSSR count). The van der Waals surface area contributed by atoms with Crippen molar-refractivity contribution in [3.8, 4) is 0 Å². The first-order valence-electron chi connectivity index (χ1n) is 5.94.